The van der Waals surface area contributed by atoms with Gasteiger partial charge in [0.1, 0.15) is 5.75 Å². The van der Waals surface area contributed by atoms with E-state index in [2.05, 4.69) is 18.0 Å². The Morgan fingerprint density at radius 1 is 1.47 bits per heavy atom. The Bertz CT molecular complexity index is 456. The van der Waals surface area contributed by atoms with Crippen molar-refractivity contribution in [3.05, 3.63) is 22.8 Å². The summed E-state index contributed by atoms with van der Waals surface area (Å²) in [6.45, 7) is 2.19. The highest BCUT2D eigenvalue weighted by molar-refractivity contribution is 5.64. The molecule has 3 rings (SSSR count). The summed E-state index contributed by atoms with van der Waals surface area (Å²) in [6, 6.07) is 2.12. The van der Waals surface area contributed by atoms with Crippen LogP contribution >= 0.6 is 0 Å². The second-order valence-electron chi connectivity index (χ2n) is 5.34. The first-order valence-electron chi connectivity index (χ1n) is 6.37. The number of nitrogens with zero attached hydrogens (tertiary/aromatic N) is 1. The molecule has 1 aromatic carbocycles. The first-order valence-corrected chi connectivity index (χ1v) is 6.37. The second-order valence-corrected chi connectivity index (χ2v) is 5.34. The molecule has 1 aliphatic carbocycles. The van der Waals surface area contributed by atoms with E-state index in [1.807, 2.05) is 0 Å². The molecule has 3 nitrogen and oxygen atoms in total. The van der Waals surface area contributed by atoms with Gasteiger partial charge < -0.3 is 15.4 Å². The van der Waals surface area contributed by atoms with Crippen LogP contribution in [-0.2, 0) is 13.0 Å². The van der Waals surface area contributed by atoms with Gasteiger partial charge in [0, 0.05) is 18.7 Å². The number of nitrogens with two attached hydrogens (primary N) is 1. The highest BCUT2D eigenvalue weighted by Crippen LogP contribution is 2.44. The van der Waals surface area contributed by atoms with Crippen LogP contribution in [0.4, 0.5) is 5.69 Å². The number of hydrogen-bond donors (Lipinski definition) is 1. The zero-order valence-electron chi connectivity index (χ0n) is 10.6. The third-order valence-electron chi connectivity index (χ3n) is 4.10. The van der Waals surface area contributed by atoms with E-state index in [9.17, 15) is 0 Å². The highest BCUT2D eigenvalue weighted by atomic mass is 16.5. The number of ether oxygens (including phenoxy) is 1. The van der Waals surface area contributed by atoms with E-state index in [-0.39, 0.29) is 0 Å². The lowest BCUT2D eigenvalue weighted by Gasteiger charge is -2.37. The number of methoxy groups -OCH3 is 1. The zero-order chi connectivity index (χ0) is 12.0. The van der Waals surface area contributed by atoms with E-state index in [0.717, 1.165) is 24.4 Å². The van der Waals surface area contributed by atoms with E-state index in [0.29, 0.717) is 5.92 Å². The first kappa shape index (κ1) is 10.9. The Morgan fingerprint density at radius 2 is 2.29 bits per heavy atom. The largest absolute Gasteiger partial charge is 0.494 e. The van der Waals surface area contributed by atoms with Gasteiger partial charge >= 0.3 is 0 Å². The van der Waals surface area contributed by atoms with Gasteiger partial charge in [-0.15, -0.1) is 0 Å². The monoisotopic (exact) mass is 232 g/mol. The van der Waals surface area contributed by atoms with E-state index >= 15 is 0 Å². The van der Waals surface area contributed by atoms with Gasteiger partial charge in [0.05, 0.1) is 12.8 Å². The van der Waals surface area contributed by atoms with Crippen LogP contribution in [0.2, 0.25) is 0 Å². The minimum atomic E-state index is 0.682. The van der Waals surface area contributed by atoms with Crippen molar-refractivity contribution in [2.75, 3.05) is 26.4 Å². The van der Waals surface area contributed by atoms with E-state index in [4.69, 9.17) is 10.5 Å². The summed E-state index contributed by atoms with van der Waals surface area (Å²) >= 11 is 0. The average molecular weight is 232 g/mol. The van der Waals surface area contributed by atoms with Crippen LogP contribution in [0, 0.1) is 0 Å². The van der Waals surface area contributed by atoms with Crippen LogP contribution in [0.5, 0.6) is 5.75 Å². The lowest BCUT2D eigenvalue weighted by atomic mass is 9.77. The maximum absolute atomic E-state index is 6.10. The molecule has 1 unspecified atom stereocenters. The normalized spacial score (nSPS) is 23.3. The number of nitrogen functional groups attached to an aromatic ring is 1. The molecule has 3 heteroatoms. The standard InChI is InChI=1S/C14H20N2O/c1-16-7-9-4-3-5-11-13(9)10(8-16)6-12(15)14(11)17-2/h6,9H,3-5,7-8,15H2,1-2H3. The molecule has 0 saturated carbocycles. The van der Waals surface area contributed by atoms with Crippen molar-refractivity contribution < 1.29 is 4.74 Å². The first-order chi connectivity index (χ1) is 8.20. The summed E-state index contributed by atoms with van der Waals surface area (Å²) in [6.07, 6.45) is 3.68. The summed E-state index contributed by atoms with van der Waals surface area (Å²) in [5.74, 6) is 1.61. The molecule has 0 saturated heterocycles. The molecule has 0 spiro atoms. The van der Waals surface area contributed by atoms with Crippen molar-refractivity contribution in [1.82, 2.24) is 4.90 Å². The number of anilines is 1. The Labute approximate surface area is 103 Å². The molecular weight excluding hydrogens is 212 g/mol. The predicted molar refractivity (Wildman–Crippen MR) is 69.4 cm³/mol. The quantitative estimate of drug-likeness (QED) is 0.754. The topological polar surface area (TPSA) is 38.5 Å². The van der Waals surface area contributed by atoms with Gasteiger partial charge in [-0.2, -0.15) is 0 Å². The van der Waals surface area contributed by atoms with E-state index < -0.39 is 0 Å². The van der Waals surface area contributed by atoms with Gasteiger partial charge in [-0.25, -0.2) is 0 Å². The molecule has 0 amide bonds. The highest BCUT2D eigenvalue weighted by Gasteiger charge is 2.31. The molecule has 0 bridgehead atoms. The summed E-state index contributed by atoms with van der Waals surface area (Å²) in [5, 5.41) is 0. The summed E-state index contributed by atoms with van der Waals surface area (Å²) < 4.78 is 5.50. The average Bonchev–Trinajstić information content (AvgIpc) is 2.28. The minimum absolute atomic E-state index is 0.682. The molecule has 1 aromatic rings. The fourth-order valence-electron chi connectivity index (χ4n) is 3.53. The van der Waals surface area contributed by atoms with Crippen LogP contribution in [0.25, 0.3) is 0 Å². The third-order valence-corrected chi connectivity index (χ3v) is 4.10. The molecule has 1 aliphatic heterocycles. The van der Waals surface area contributed by atoms with Crippen LogP contribution in [-0.4, -0.2) is 25.6 Å². The second kappa shape index (κ2) is 3.91. The molecule has 2 aliphatic rings. The van der Waals surface area contributed by atoms with Crippen molar-refractivity contribution in [2.24, 2.45) is 0 Å². The number of benzene rings is 1. The lowest BCUT2D eigenvalue weighted by molar-refractivity contribution is 0.265. The van der Waals surface area contributed by atoms with Crippen LogP contribution < -0.4 is 10.5 Å². The van der Waals surface area contributed by atoms with Gasteiger partial charge in [0.15, 0.2) is 0 Å². The zero-order valence-corrected chi connectivity index (χ0v) is 10.6. The van der Waals surface area contributed by atoms with Crippen LogP contribution in [0.15, 0.2) is 6.07 Å². The number of rotatable bonds is 1. The van der Waals surface area contributed by atoms with Crippen molar-refractivity contribution in [3.8, 4) is 5.75 Å². The molecule has 1 atom stereocenters. The van der Waals surface area contributed by atoms with E-state index in [1.165, 1.54) is 30.5 Å². The molecule has 92 valence electrons. The van der Waals surface area contributed by atoms with Crippen molar-refractivity contribution >= 4 is 5.69 Å². The maximum Gasteiger partial charge on any atom is 0.145 e. The van der Waals surface area contributed by atoms with Crippen molar-refractivity contribution in [2.45, 2.75) is 31.7 Å². The summed E-state index contributed by atoms with van der Waals surface area (Å²) in [4.78, 5) is 2.40. The Kier molecular flexibility index (Phi) is 2.51. The summed E-state index contributed by atoms with van der Waals surface area (Å²) in [7, 11) is 3.92. The number of likely N-dealkylation sites (N-methyl/N-ethyl adjacent to an activating group) is 1. The molecular formula is C14H20N2O. The molecule has 1 heterocycles. The smallest absolute Gasteiger partial charge is 0.145 e. The number of hydrogen-bond acceptors (Lipinski definition) is 3. The van der Waals surface area contributed by atoms with E-state index in [1.54, 1.807) is 12.7 Å². The van der Waals surface area contributed by atoms with Gasteiger partial charge in [-0.1, -0.05) is 0 Å². The Balaban J connectivity index is 2.21. The molecule has 0 fully saturated rings. The Hall–Kier alpha value is -1.22. The minimum Gasteiger partial charge on any atom is -0.494 e. The molecule has 0 aromatic heterocycles. The fraction of sp³-hybridized carbons (Fsp3) is 0.571. The molecule has 0 radical (unpaired) electrons. The van der Waals surface area contributed by atoms with Gasteiger partial charge in [-0.3, -0.25) is 0 Å². The fourth-order valence-corrected chi connectivity index (χ4v) is 3.53. The summed E-state index contributed by atoms with van der Waals surface area (Å²) in [5.41, 5.74) is 11.2. The van der Waals surface area contributed by atoms with Gasteiger partial charge in [-0.05, 0) is 49.4 Å². The Morgan fingerprint density at radius 3 is 3.06 bits per heavy atom. The van der Waals surface area contributed by atoms with Crippen molar-refractivity contribution in [1.29, 1.82) is 0 Å². The van der Waals surface area contributed by atoms with Crippen molar-refractivity contribution in [3.63, 3.8) is 0 Å². The lowest BCUT2D eigenvalue weighted by Crippen LogP contribution is -2.33. The maximum atomic E-state index is 6.10. The predicted octanol–water partition coefficient (Wildman–Crippen LogP) is 2.14. The SMILES string of the molecule is COc1c(N)cc2c3c1CCCC3CN(C)C2. The van der Waals surface area contributed by atoms with Crippen LogP contribution in [0.3, 0.4) is 0 Å². The molecule has 2 N–H and O–H groups in total. The van der Waals surface area contributed by atoms with Gasteiger partial charge in [0.2, 0.25) is 0 Å². The van der Waals surface area contributed by atoms with Crippen LogP contribution in [0.1, 0.15) is 35.4 Å². The third kappa shape index (κ3) is 1.61. The molecule has 17 heavy (non-hydrogen) atoms. The van der Waals surface area contributed by atoms with Gasteiger partial charge in [0.25, 0.3) is 0 Å².